The van der Waals surface area contributed by atoms with Crippen molar-refractivity contribution >= 4 is 5.71 Å². The molecule has 1 fully saturated rings. The average Bonchev–Trinajstić information content (AvgIpc) is 2.86. The molecule has 1 aromatic carbocycles. The molecule has 0 amide bonds. The normalized spacial score (nSPS) is 26.0. The molecule has 0 unspecified atom stereocenters. The Morgan fingerprint density at radius 1 is 0.958 bits per heavy atom. The maximum absolute atomic E-state index is 5.14. The summed E-state index contributed by atoms with van der Waals surface area (Å²) < 4.78 is 0. The summed E-state index contributed by atoms with van der Waals surface area (Å²) in [5, 5.41) is 0. The lowest BCUT2D eigenvalue weighted by atomic mass is 9.80. The van der Waals surface area contributed by atoms with Crippen molar-refractivity contribution in [2.24, 2.45) is 4.99 Å². The van der Waals surface area contributed by atoms with Crippen molar-refractivity contribution < 1.29 is 0 Å². The van der Waals surface area contributed by atoms with Gasteiger partial charge < -0.3 is 0 Å². The molecule has 1 nitrogen and oxygen atoms in total. The van der Waals surface area contributed by atoms with Crippen molar-refractivity contribution in [2.45, 2.75) is 52.0 Å². The Morgan fingerprint density at radius 3 is 2.75 bits per heavy atom. The summed E-state index contributed by atoms with van der Waals surface area (Å²) in [4.78, 5) is 5.14. The Hall–Kier alpha value is -2.15. The zero-order chi connectivity index (χ0) is 16.4. The van der Waals surface area contributed by atoms with E-state index in [0.717, 1.165) is 25.8 Å². The van der Waals surface area contributed by atoms with E-state index >= 15 is 0 Å². The van der Waals surface area contributed by atoms with Gasteiger partial charge in [0.1, 0.15) is 0 Å². The molecule has 2 aliphatic carbocycles. The molecular weight excluding hydrogens is 290 g/mol. The largest absolute Gasteiger partial charge is 0.280 e. The maximum atomic E-state index is 5.14. The number of hydrogen-bond donors (Lipinski definition) is 0. The Morgan fingerprint density at radius 2 is 1.83 bits per heavy atom. The van der Waals surface area contributed by atoms with Crippen molar-refractivity contribution in [2.75, 3.05) is 0 Å². The summed E-state index contributed by atoms with van der Waals surface area (Å²) in [6.07, 6.45) is 16.1. The fourth-order valence-corrected chi connectivity index (χ4v) is 4.09. The summed E-state index contributed by atoms with van der Waals surface area (Å²) in [7, 11) is 0. The van der Waals surface area contributed by atoms with Gasteiger partial charge in [0.2, 0.25) is 0 Å². The van der Waals surface area contributed by atoms with Gasteiger partial charge in [0.05, 0.1) is 12.3 Å². The van der Waals surface area contributed by atoms with Gasteiger partial charge in [-0.1, -0.05) is 54.1 Å². The third-order valence-corrected chi connectivity index (χ3v) is 5.47. The van der Waals surface area contributed by atoms with Crippen LogP contribution in [0.3, 0.4) is 0 Å². The second-order valence-corrected chi connectivity index (χ2v) is 7.02. The standard InChI is InChI=1S/C23H25N/c1-17-8-7-12-18-9-5-6-11-20(18)16-24-23-21(17)15-14-19-10-3-2-4-13-22(19)23/h2,4-6,9-11,13H,3,7-8,12,14-16H2,1H3/b21-17-,24-23+. The Balaban J connectivity index is 1.82. The number of nitrogens with zero attached hydrogens (tertiary/aromatic N) is 1. The molecule has 3 aliphatic rings. The number of fused-ring (bicyclic) bond motifs is 4. The van der Waals surface area contributed by atoms with E-state index in [1.54, 1.807) is 5.57 Å². The molecule has 0 atom stereocenters. The third-order valence-electron chi connectivity index (χ3n) is 5.47. The molecule has 0 N–H and O–H groups in total. The van der Waals surface area contributed by atoms with Crippen molar-refractivity contribution in [1.29, 1.82) is 0 Å². The molecule has 0 aromatic heterocycles. The minimum absolute atomic E-state index is 0.802. The summed E-state index contributed by atoms with van der Waals surface area (Å²) in [6, 6.07) is 8.83. The number of hydrogen-bond acceptors (Lipinski definition) is 1. The van der Waals surface area contributed by atoms with Crippen LogP contribution in [0.5, 0.6) is 0 Å². The van der Waals surface area contributed by atoms with E-state index in [-0.39, 0.29) is 0 Å². The predicted molar refractivity (Wildman–Crippen MR) is 102 cm³/mol. The minimum atomic E-state index is 0.802. The second kappa shape index (κ2) is 6.76. The molecule has 24 heavy (non-hydrogen) atoms. The van der Waals surface area contributed by atoms with Gasteiger partial charge in [-0.3, -0.25) is 4.99 Å². The number of rotatable bonds is 0. The quantitative estimate of drug-likeness (QED) is 0.566. The van der Waals surface area contributed by atoms with Crippen LogP contribution in [0.1, 0.15) is 50.2 Å². The molecule has 1 heterocycles. The topological polar surface area (TPSA) is 12.4 Å². The van der Waals surface area contributed by atoms with Crippen molar-refractivity contribution in [3.05, 3.63) is 82.0 Å². The lowest BCUT2D eigenvalue weighted by Gasteiger charge is -2.26. The monoisotopic (exact) mass is 315 g/mol. The number of aryl methyl sites for hydroxylation is 1. The maximum Gasteiger partial charge on any atom is 0.0684 e. The Bertz CT molecular complexity index is 799. The first kappa shape index (κ1) is 15.4. The van der Waals surface area contributed by atoms with E-state index in [9.17, 15) is 0 Å². The van der Waals surface area contributed by atoms with Crippen LogP contribution in [0, 0.1) is 0 Å². The molecular formula is C23H25N. The zero-order valence-corrected chi connectivity index (χ0v) is 14.5. The average molecular weight is 315 g/mol. The van der Waals surface area contributed by atoms with E-state index in [4.69, 9.17) is 4.99 Å². The fraction of sp³-hybridized carbons (Fsp3) is 0.348. The fourth-order valence-electron chi connectivity index (χ4n) is 4.09. The molecule has 122 valence electrons. The van der Waals surface area contributed by atoms with Gasteiger partial charge in [-0.05, 0) is 67.7 Å². The first-order valence-electron chi connectivity index (χ1n) is 9.20. The summed E-state index contributed by atoms with van der Waals surface area (Å²) in [6.45, 7) is 3.12. The summed E-state index contributed by atoms with van der Waals surface area (Å²) >= 11 is 0. The van der Waals surface area contributed by atoms with Crippen LogP contribution < -0.4 is 0 Å². The molecule has 1 heteroatoms. The number of aliphatic imine (C=N–C) groups is 1. The van der Waals surface area contributed by atoms with Gasteiger partial charge in [-0.25, -0.2) is 0 Å². The Labute approximate surface area is 145 Å². The second-order valence-electron chi connectivity index (χ2n) is 7.02. The molecule has 0 bridgehead atoms. The van der Waals surface area contributed by atoms with E-state index < -0.39 is 0 Å². The lowest BCUT2D eigenvalue weighted by molar-refractivity contribution is 0.781. The van der Waals surface area contributed by atoms with Crippen LogP contribution in [0.15, 0.2) is 75.9 Å². The van der Waals surface area contributed by atoms with Gasteiger partial charge in [0.15, 0.2) is 0 Å². The van der Waals surface area contributed by atoms with Gasteiger partial charge >= 0.3 is 0 Å². The van der Waals surface area contributed by atoms with Gasteiger partial charge in [-0.15, -0.1) is 0 Å². The smallest absolute Gasteiger partial charge is 0.0684 e. The molecule has 1 saturated carbocycles. The van der Waals surface area contributed by atoms with Gasteiger partial charge in [0.25, 0.3) is 0 Å². The van der Waals surface area contributed by atoms with E-state index in [0.29, 0.717) is 0 Å². The van der Waals surface area contributed by atoms with E-state index in [2.05, 4.69) is 55.5 Å². The highest BCUT2D eigenvalue weighted by molar-refractivity contribution is 6.16. The predicted octanol–water partition coefficient (Wildman–Crippen LogP) is 5.89. The summed E-state index contributed by atoms with van der Waals surface area (Å²) in [5.41, 5.74) is 10.0. The first-order valence-corrected chi connectivity index (χ1v) is 9.20. The highest BCUT2D eigenvalue weighted by atomic mass is 14.7. The minimum Gasteiger partial charge on any atom is -0.280 e. The highest BCUT2D eigenvalue weighted by Gasteiger charge is 2.24. The van der Waals surface area contributed by atoms with Crippen molar-refractivity contribution in [3.63, 3.8) is 0 Å². The van der Waals surface area contributed by atoms with Gasteiger partial charge in [-0.2, -0.15) is 0 Å². The highest BCUT2D eigenvalue weighted by Crippen LogP contribution is 2.35. The molecule has 0 radical (unpaired) electrons. The lowest BCUT2D eigenvalue weighted by Crippen LogP contribution is -2.18. The molecule has 4 rings (SSSR count). The van der Waals surface area contributed by atoms with Crippen LogP contribution in [0.4, 0.5) is 0 Å². The van der Waals surface area contributed by atoms with E-state index in [1.807, 2.05) is 0 Å². The number of benzene rings is 1. The molecule has 0 saturated heterocycles. The Kier molecular flexibility index (Phi) is 4.34. The SMILES string of the molecule is C/C1=C2\CCC3=CCC=CC=C3\C2=N\Cc2ccccc2CCC1. The van der Waals surface area contributed by atoms with Gasteiger partial charge in [0, 0.05) is 5.57 Å². The molecule has 0 spiro atoms. The van der Waals surface area contributed by atoms with Crippen LogP contribution in [-0.4, -0.2) is 5.71 Å². The molecule has 1 aromatic rings. The number of allylic oxidation sites excluding steroid dienone is 8. The zero-order valence-electron chi connectivity index (χ0n) is 14.5. The van der Waals surface area contributed by atoms with Crippen LogP contribution >= 0.6 is 0 Å². The summed E-state index contributed by atoms with van der Waals surface area (Å²) in [5.74, 6) is 0. The first-order chi connectivity index (χ1) is 11.8. The van der Waals surface area contributed by atoms with Crippen LogP contribution in [0.2, 0.25) is 0 Å². The van der Waals surface area contributed by atoms with Crippen molar-refractivity contribution in [1.82, 2.24) is 0 Å². The molecule has 1 aliphatic heterocycles. The van der Waals surface area contributed by atoms with Crippen LogP contribution in [0.25, 0.3) is 0 Å². The van der Waals surface area contributed by atoms with Crippen molar-refractivity contribution in [3.8, 4) is 0 Å². The van der Waals surface area contributed by atoms with E-state index in [1.165, 1.54) is 52.8 Å². The van der Waals surface area contributed by atoms with Crippen LogP contribution in [-0.2, 0) is 13.0 Å². The third kappa shape index (κ3) is 2.96.